The molecular formula is C23H26F3N3O2. The van der Waals surface area contributed by atoms with Gasteiger partial charge in [-0.1, -0.05) is 30.3 Å². The monoisotopic (exact) mass is 433 g/mol. The highest BCUT2D eigenvalue weighted by molar-refractivity contribution is 5.94. The van der Waals surface area contributed by atoms with Gasteiger partial charge in [-0.25, -0.2) is 0 Å². The quantitative estimate of drug-likeness (QED) is 0.700. The van der Waals surface area contributed by atoms with Crippen molar-refractivity contribution in [1.29, 1.82) is 0 Å². The van der Waals surface area contributed by atoms with E-state index in [2.05, 4.69) is 0 Å². The number of hydrogen-bond donors (Lipinski definition) is 0. The molecule has 1 aliphatic rings. The van der Waals surface area contributed by atoms with Gasteiger partial charge >= 0.3 is 6.18 Å². The molecule has 1 heterocycles. The third-order valence-corrected chi connectivity index (χ3v) is 5.43. The van der Waals surface area contributed by atoms with Crippen LogP contribution < -0.4 is 0 Å². The average Bonchev–Trinajstić information content (AvgIpc) is 2.77. The van der Waals surface area contributed by atoms with Crippen molar-refractivity contribution in [2.45, 2.75) is 19.6 Å². The van der Waals surface area contributed by atoms with Gasteiger partial charge in [-0.3, -0.25) is 14.5 Å². The minimum Gasteiger partial charge on any atom is -0.338 e. The van der Waals surface area contributed by atoms with E-state index >= 15 is 0 Å². The molecular weight excluding hydrogens is 407 g/mol. The van der Waals surface area contributed by atoms with Gasteiger partial charge in [0.05, 0.1) is 12.1 Å². The number of carbonyl (C=O) groups excluding carboxylic acids is 2. The first-order valence-corrected chi connectivity index (χ1v) is 10.3. The molecule has 0 aliphatic carbocycles. The van der Waals surface area contributed by atoms with Gasteiger partial charge in [-0.05, 0) is 36.8 Å². The lowest BCUT2D eigenvalue weighted by Gasteiger charge is -2.35. The van der Waals surface area contributed by atoms with E-state index in [1.54, 1.807) is 9.80 Å². The molecule has 31 heavy (non-hydrogen) atoms. The summed E-state index contributed by atoms with van der Waals surface area (Å²) in [5.41, 5.74) is 0.533. The lowest BCUT2D eigenvalue weighted by Crippen LogP contribution is -2.51. The van der Waals surface area contributed by atoms with Gasteiger partial charge in [-0.2, -0.15) is 13.2 Å². The fraction of sp³-hybridized carbons (Fsp3) is 0.391. The Labute approximate surface area is 180 Å². The van der Waals surface area contributed by atoms with Crippen molar-refractivity contribution in [1.82, 2.24) is 14.7 Å². The van der Waals surface area contributed by atoms with Crippen LogP contribution in [-0.2, 0) is 17.5 Å². The molecule has 2 aromatic rings. The summed E-state index contributed by atoms with van der Waals surface area (Å²) >= 11 is 0. The summed E-state index contributed by atoms with van der Waals surface area (Å²) < 4.78 is 38.1. The molecule has 0 atom stereocenters. The Balaban J connectivity index is 1.50. The van der Waals surface area contributed by atoms with Crippen LogP contribution in [0.25, 0.3) is 0 Å². The van der Waals surface area contributed by atoms with Gasteiger partial charge in [0.15, 0.2) is 0 Å². The van der Waals surface area contributed by atoms with Gasteiger partial charge in [0.25, 0.3) is 5.91 Å². The number of halogens is 3. The Morgan fingerprint density at radius 2 is 1.55 bits per heavy atom. The molecule has 0 saturated carbocycles. The zero-order valence-corrected chi connectivity index (χ0v) is 17.4. The van der Waals surface area contributed by atoms with Crippen molar-refractivity contribution in [3.8, 4) is 0 Å². The van der Waals surface area contributed by atoms with Gasteiger partial charge in [0.1, 0.15) is 0 Å². The highest BCUT2D eigenvalue weighted by Gasteiger charge is 2.31. The number of amides is 2. The molecule has 166 valence electrons. The Morgan fingerprint density at radius 1 is 0.935 bits per heavy atom. The minimum absolute atomic E-state index is 0.0360. The van der Waals surface area contributed by atoms with Crippen molar-refractivity contribution in [2.75, 3.05) is 39.3 Å². The number of benzene rings is 2. The van der Waals surface area contributed by atoms with Gasteiger partial charge in [0, 0.05) is 44.8 Å². The first kappa shape index (κ1) is 22.8. The maximum absolute atomic E-state index is 12.7. The van der Waals surface area contributed by atoms with Crippen LogP contribution >= 0.6 is 0 Å². The van der Waals surface area contributed by atoms with Crippen LogP contribution in [0.15, 0.2) is 54.6 Å². The van der Waals surface area contributed by atoms with Crippen molar-refractivity contribution in [3.05, 3.63) is 71.3 Å². The maximum Gasteiger partial charge on any atom is 0.416 e. The molecule has 1 aliphatic heterocycles. The summed E-state index contributed by atoms with van der Waals surface area (Å²) in [6.07, 6.45) is -4.42. The van der Waals surface area contributed by atoms with Crippen LogP contribution in [0.2, 0.25) is 0 Å². The Bertz CT molecular complexity index is 877. The molecule has 1 saturated heterocycles. The molecule has 0 unspecified atom stereocenters. The Kier molecular flexibility index (Phi) is 7.33. The summed E-state index contributed by atoms with van der Waals surface area (Å²) in [5.74, 6) is -0.257. The minimum atomic E-state index is -4.42. The lowest BCUT2D eigenvalue weighted by molar-refractivity contribution is -0.137. The Hall–Kier alpha value is -2.87. The van der Waals surface area contributed by atoms with Crippen molar-refractivity contribution < 1.29 is 22.8 Å². The van der Waals surface area contributed by atoms with Crippen LogP contribution in [0.4, 0.5) is 13.2 Å². The van der Waals surface area contributed by atoms with Crippen LogP contribution in [-0.4, -0.2) is 65.8 Å². The van der Waals surface area contributed by atoms with E-state index in [1.807, 2.05) is 42.2 Å². The SMILES string of the molecule is CCN(Cc1ccccc1)C(=O)CN1CCN(C(=O)c2ccc(C(F)(F)F)cc2)CC1. The molecule has 2 amide bonds. The molecule has 0 aromatic heterocycles. The van der Waals surface area contributed by atoms with Crippen LogP contribution in [0, 0.1) is 0 Å². The summed E-state index contributed by atoms with van der Waals surface area (Å²) in [7, 11) is 0. The predicted octanol–water partition coefficient (Wildman–Crippen LogP) is 3.51. The second-order valence-corrected chi connectivity index (χ2v) is 7.54. The molecule has 0 bridgehead atoms. The summed E-state index contributed by atoms with van der Waals surface area (Å²) in [4.78, 5) is 30.7. The van der Waals surface area contributed by atoms with Crippen LogP contribution in [0.5, 0.6) is 0 Å². The fourth-order valence-electron chi connectivity index (χ4n) is 3.56. The number of hydrogen-bond acceptors (Lipinski definition) is 3. The average molecular weight is 433 g/mol. The van der Waals surface area contributed by atoms with E-state index in [4.69, 9.17) is 0 Å². The summed E-state index contributed by atoms with van der Waals surface area (Å²) in [6.45, 7) is 5.34. The summed E-state index contributed by atoms with van der Waals surface area (Å²) in [6, 6.07) is 14.1. The van der Waals surface area contributed by atoms with E-state index in [9.17, 15) is 22.8 Å². The molecule has 8 heteroatoms. The number of nitrogens with zero attached hydrogens (tertiary/aromatic N) is 3. The first-order chi connectivity index (χ1) is 14.8. The maximum atomic E-state index is 12.7. The topological polar surface area (TPSA) is 43.9 Å². The highest BCUT2D eigenvalue weighted by atomic mass is 19.4. The fourth-order valence-corrected chi connectivity index (χ4v) is 3.56. The zero-order chi connectivity index (χ0) is 22.4. The number of likely N-dealkylation sites (N-methyl/N-ethyl adjacent to an activating group) is 1. The molecule has 2 aromatic carbocycles. The normalized spacial score (nSPS) is 15.0. The van der Waals surface area contributed by atoms with Crippen molar-refractivity contribution in [3.63, 3.8) is 0 Å². The van der Waals surface area contributed by atoms with Crippen LogP contribution in [0.3, 0.4) is 0 Å². The second kappa shape index (κ2) is 9.96. The van der Waals surface area contributed by atoms with E-state index in [0.717, 1.165) is 17.7 Å². The van der Waals surface area contributed by atoms with Crippen LogP contribution in [0.1, 0.15) is 28.4 Å². The number of alkyl halides is 3. The predicted molar refractivity (Wildman–Crippen MR) is 111 cm³/mol. The van der Waals surface area contributed by atoms with Crippen molar-refractivity contribution in [2.24, 2.45) is 0 Å². The molecule has 0 spiro atoms. The number of carbonyl (C=O) groups is 2. The number of piperazine rings is 1. The van der Waals surface area contributed by atoms with E-state index < -0.39 is 11.7 Å². The lowest BCUT2D eigenvalue weighted by atomic mass is 10.1. The standard InChI is InChI=1S/C23H26F3N3O2/c1-2-28(16-18-6-4-3-5-7-18)21(30)17-27-12-14-29(15-13-27)22(31)19-8-10-20(11-9-19)23(24,25)26/h3-11H,2,12-17H2,1H3. The molecule has 0 radical (unpaired) electrons. The third kappa shape index (κ3) is 6.07. The molecule has 0 N–H and O–H groups in total. The second-order valence-electron chi connectivity index (χ2n) is 7.54. The molecule has 5 nitrogen and oxygen atoms in total. The van der Waals surface area contributed by atoms with Gasteiger partial charge < -0.3 is 9.80 Å². The highest BCUT2D eigenvalue weighted by Crippen LogP contribution is 2.29. The van der Waals surface area contributed by atoms with Gasteiger partial charge in [-0.15, -0.1) is 0 Å². The smallest absolute Gasteiger partial charge is 0.338 e. The van der Waals surface area contributed by atoms with Gasteiger partial charge in [0.2, 0.25) is 5.91 Å². The molecule has 3 rings (SSSR count). The van der Waals surface area contributed by atoms with E-state index in [-0.39, 0.29) is 23.9 Å². The zero-order valence-electron chi connectivity index (χ0n) is 17.4. The number of rotatable bonds is 6. The van der Waals surface area contributed by atoms with E-state index in [0.29, 0.717) is 39.3 Å². The molecule has 1 fully saturated rings. The third-order valence-electron chi connectivity index (χ3n) is 5.43. The summed E-state index contributed by atoms with van der Waals surface area (Å²) in [5, 5.41) is 0. The van der Waals surface area contributed by atoms with E-state index in [1.165, 1.54) is 12.1 Å². The first-order valence-electron chi connectivity index (χ1n) is 10.3. The Morgan fingerprint density at radius 3 is 2.10 bits per heavy atom. The largest absolute Gasteiger partial charge is 0.416 e. The van der Waals surface area contributed by atoms with Crippen molar-refractivity contribution >= 4 is 11.8 Å².